The molecule has 112 valence electrons. The molecule has 0 aliphatic carbocycles. The third-order valence-corrected chi connectivity index (χ3v) is 4.49. The monoisotopic (exact) mass is 304 g/mol. The van der Waals surface area contributed by atoms with E-state index >= 15 is 0 Å². The molecule has 0 fully saturated rings. The van der Waals surface area contributed by atoms with Crippen LogP contribution in [0, 0.1) is 0 Å². The number of ether oxygens (including phenoxy) is 1. The lowest BCUT2D eigenvalue weighted by Gasteiger charge is -2.15. The lowest BCUT2D eigenvalue weighted by molar-refractivity contribution is 0.0955. The molecule has 1 unspecified atom stereocenters. The molecule has 0 aliphatic heterocycles. The van der Waals surface area contributed by atoms with Crippen LogP contribution in [0.5, 0.6) is 5.75 Å². The van der Waals surface area contributed by atoms with Crippen LogP contribution in [0.1, 0.15) is 47.0 Å². The van der Waals surface area contributed by atoms with Crippen LogP contribution in [0.25, 0.3) is 0 Å². The van der Waals surface area contributed by atoms with Gasteiger partial charge >= 0.3 is 0 Å². The molecule has 1 heterocycles. The maximum Gasteiger partial charge on any atom is 0.275 e. The van der Waals surface area contributed by atoms with Crippen molar-refractivity contribution in [3.8, 4) is 5.75 Å². The second kappa shape index (κ2) is 7.24. The molecule has 0 radical (unpaired) electrons. The molecule has 0 bridgehead atoms. The maximum absolute atomic E-state index is 11.6. The number of nitrogens with one attached hydrogen (secondary N) is 1. The molecular formula is C16H20N2O2S. The highest BCUT2D eigenvalue weighted by Crippen LogP contribution is 2.29. The van der Waals surface area contributed by atoms with Gasteiger partial charge in [-0.25, -0.2) is 5.84 Å². The number of carbonyl (C=O) groups is 1. The SMILES string of the molecule is CCC(C)c1ccccc1OCc1ccsc1C(=O)NN. The summed E-state index contributed by atoms with van der Waals surface area (Å²) in [6.45, 7) is 4.70. The summed E-state index contributed by atoms with van der Waals surface area (Å²) < 4.78 is 5.93. The molecule has 1 aromatic heterocycles. The predicted molar refractivity (Wildman–Crippen MR) is 85.5 cm³/mol. The van der Waals surface area contributed by atoms with Gasteiger partial charge in [0, 0.05) is 5.56 Å². The molecule has 4 nitrogen and oxygen atoms in total. The van der Waals surface area contributed by atoms with Crippen LogP contribution in [-0.4, -0.2) is 5.91 Å². The Balaban J connectivity index is 2.14. The fraction of sp³-hybridized carbons (Fsp3) is 0.312. The number of amides is 1. The number of benzene rings is 1. The van der Waals surface area contributed by atoms with Crippen molar-refractivity contribution in [3.05, 3.63) is 51.7 Å². The van der Waals surface area contributed by atoms with Gasteiger partial charge < -0.3 is 4.74 Å². The van der Waals surface area contributed by atoms with Crippen LogP contribution in [0.2, 0.25) is 0 Å². The zero-order valence-electron chi connectivity index (χ0n) is 12.3. The van der Waals surface area contributed by atoms with Crippen LogP contribution >= 0.6 is 11.3 Å². The Kier molecular flexibility index (Phi) is 5.36. The van der Waals surface area contributed by atoms with Gasteiger partial charge in [-0.3, -0.25) is 10.2 Å². The van der Waals surface area contributed by atoms with Crippen molar-refractivity contribution in [1.82, 2.24) is 5.43 Å². The molecule has 2 rings (SSSR count). The lowest BCUT2D eigenvalue weighted by atomic mass is 9.98. The molecule has 1 amide bonds. The lowest BCUT2D eigenvalue weighted by Crippen LogP contribution is -2.30. The number of rotatable bonds is 6. The number of para-hydroxylation sites is 1. The molecule has 5 heteroatoms. The number of nitrogen functional groups attached to an aromatic ring is 1. The molecule has 0 spiro atoms. The van der Waals surface area contributed by atoms with Crippen LogP contribution in [-0.2, 0) is 6.61 Å². The first-order valence-corrected chi connectivity index (χ1v) is 7.84. The minimum Gasteiger partial charge on any atom is -0.489 e. The van der Waals surface area contributed by atoms with Crippen molar-refractivity contribution in [2.75, 3.05) is 0 Å². The summed E-state index contributed by atoms with van der Waals surface area (Å²) in [7, 11) is 0. The Bertz CT molecular complexity index is 610. The summed E-state index contributed by atoms with van der Waals surface area (Å²) in [5.74, 6) is 6.22. The average molecular weight is 304 g/mol. The van der Waals surface area contributed by atoms with Gasteiger partial charge in [-0.15, -0.1) is 11.3 Å². The summed E-state index contributed by atoms with van der Waals surface area (Å²) >= 11 is 1.36. The number of nitrogens with two attached hydrogens (primary N) is 1. The van der Waals surface area contributed by atoms with E-state index in [0.29, 0.717) is 17.4 Å². The van der Waals surface area contributed by atoms with E-state index < -0.39 is 0 Å². The normalized spacial score (nSPS) is 12.0. The van der Waals surface area contributed by atoms with E-state index in [2.05, 4.69) is 25.3 Å². The second-order valence-electron chi connectivity index (χ2n) is 4.88. The van der Waals surface area contributed by atoms with Crippen LogP contribution < -0.4 is 16.0 Å². The van der Waals surface area contributed by atoms with E-state index in [4.69, 9.17) is 10.6 Å². The smallest absolute Gasteiger partial charge is 0.275 e. The van der Waals surface area contributed by atoms with Gasteiger partial charge in [-0.05, 0) is 35.4 Å². The molecule has 0 saturated heterocycles. The van der Waals surface area contributed by atoms with Gasteiger partial charge in [0.1, 0.15) is 12.4 Å². The highest BCUT2D eigenvalue weighted by atomic mass is 32.1. The number of hydrazine groups is 1. The van der Waals surface area contributed by atoms with Gasteiger partial charge in [0.15, 0.2) is 0 Å². The standard InChI is InChI=1S/C16H20N2O2S/c1-3-11(2)13-6-4-5-7-14(13)20-10-12-8-9-21-15(12)16(19)18-17/h4-9,11H,3,10,17H2,1-2H3,(H,18,19). The predicted octanol–water partition coefficient (Wildman–Crippen LogP) is 3.44. The Labute approximate surface area is 128 Å². The quantitative estimate of drug-likeness (QED) is 0.488. The minimum atomic E-state index is -0.279. The Morgan fingerprint density at radius 2 is 2.14 bits per heavy atom. The van der Waals surface area contributed by atoms with Crippen LogP contribution in [0.4, 0.5) is 0 Å². The highest BCUT2D eigenvalue weighted by molar-refractivity contribution is 7.12. The van der Waals surface area contributed by atoms with Crippen molar-refractivity contribution in [2.45, 2.75) is 32.8 Å². The molecule has 2 aromatic rings. The van der Waals surface area contributed by atoms with E-state index in [-0.39, 0.29) is 5.91 Å². The fourth-order valence-electron chi connectivity index (χ4n) is 2.11. The first kappa shape index (κ1) is 15.5. The molecule has 1 atom stereocenters. The van der Waals surface area contributed by atoms with Crippen molar-refractivity contribution in [2.24, 2.45) is 5.84 Å². The number of hydrogen-bond donors (Lipinski definition) is 2. The topological polar surface area (TPSA) is 64.3 Å². The number of hydrogen-bond acceptors (Lipinski definition) is 4. The Morgan fingerprint density at radius 3 is 2.86 bits per heavy atom. The Hall–Kier alpha value is -1.85. The average Bonchev–Trinajstić information content (AvgIpc) is 3.00. The van der Waals surface area contributed by atoms with Gasteiger partial charge in [-0.1, -0.05) is 32.0 Å². The Morgan fingerprint density at radius 1 is 1.38 bits per heavy atom. The van der Waals surface area contributed by atoms with Gasteiger partial charge in [-0.2, -0.15) is 0 Å². The van der Waals surface area contributed by atoms with Crippen molar-refractivity contribution in [1.29, 1.82) is 0 Å². The van der Waals surface area contributed by atoms with Gasteiger partial charge in [0.25, 0.3) is 5.91 Å². The third kappa shape index (κ3) is 3.62. The largest absolute Gasteiger partial charge is 0.489 e. The van der Waals surface area contributed by atoms with Crippen molar-refractivity contribution in [3.63, 3.8) is 0 Å². The highest BCUT2D eigenvalue weighted by Gasteiger charge is 2.14. The maximum atomic E-state index is 11.6. The summed E-state index contributed by atoms with van der Waals surface area (Å²) in [6.07, 6.45) is 1.06. The minimum absolute atomic E-state index is 0.279. The van der Waals surface area contributed by atoms with Gasteiger partial charge in [0.05, 0.1) is 4.88 Å². The van der Waals surface area contributed by atoms with E-state index in [1.165, 1.54) is 16.9 Å². The first-order chi connectivity index (χ1) is 10.2. The molecule has 3 N–H and O–H groups in total. The first-order valence-electron chi connectivity index (χ1n) is 6.96. The molecular weight excluding hydrogens is 284 g/mol. The van der Waals surface area contributed by atoms with E-state index in [1.54, 1.807) is 0 Å². The fourth-order valence-corrected chi connectivity index (χ4v) is 2.92. The van der Waals surface area contributed by atoms with Crippen molar-refractivity contribution >= 4 is 17.2 Å². The van der Waals surface area contributed by atoms with Crippen LogP contribution in [0.3, 0.4) is 0 Å². The molecule has 0 saturated carbocycles. The summed E-state index contributed by atoms with van der Waals surface area (Å²) in [6, 6.07) is 9.93. The van der Waals surface area contributed by atoms with Crippen molar-refractivity contribution < 1.29 is 9.53 Å². The third-order valence-electron chi connectivity index (χ3n) is 3.53. The summed E-state index contributed by atoms with van der Waals surface area (Å²) in [5.41, 5.74) is 4.20. The van der Waals surface area contributed by atoms with E-state index in [1.807, 2.05) is 29.6 Å². The number of carbonyl (C=O) groups excluding carboxylic acids is 1. The molecule has 1 aromatic carbocycles. The van der Waals surface area contributed by atoms with Gasteiger partial charge in [0.2, 0.25) is 0 Å². The van der Waals surface area contributed by atoms with E-state index in [0.717, 1.165) is 17.7 Å². The second-order valence-corrected chi connectivity index (χ2v) is 5.80. The van der Waals surface area contributed by atoms with Crippen LogP contribution in [0.15, 0.2) is 35.7 Å². The molecule has 21 heavy (non-hydrogen) atoms. The summed E-state index contributed by atoms with van der Waals surface area (Å²) in [5, 5.41) is 1.86. The van der Waals surface area contributed by atoms with E-state index in [9.17, 15) is 4.79 Å². The number of thiophene rings is 1. The zero-order chi connectivity index (χ0) is 15.2. The zero-order valence-corrected chi connectivity index (χ0v) is 13.1. The molecule has 0 aliphatic rings. The summed E-state index contributed by atoms with van der Waals surface area (Å²) in [4.78, 5) is 12.2.